The highest BCUT2D eigenvalue weighted by Crippen LogP contribution is 2.38. The number of aryl methyl sites for hydroxylation is 2. The maximum absolute atomic E-state index is 12.5. The molecule has 3 aromatic rings. The van der Waals surface area contributed by atoms with Crippen LogP contribution in [0.1, 0.15) is 20.8 Å². The highest BCUT2D eigenvalue weighted by molar-refractivity contribution is 7.21. The van der Waals surface area contributed by atoms with Crippen molar-refractivity contribution >= 4 is 39.0 Å². The Morgan fingerprint density at radius 1 is 1.13 bits per heavy atom. The van der Waals surface area contributed by atoms with E-state index in [9.17, 15) is 4.79 Å². The first kappa shape index (κ1) is 15.8. The van der Waals surface area contributed by atoms with E-state index in [1.165, 1.54) is 11.3 Å². The maximum Gasteiger partial charge on any atom is 0.355 e. The van der Waals surface area contributed by atoms with E-state index in [0.29, 0.717) is 21.4 Å². The van der Waals surface area contributed by atoms with Crippen LogP contribution in [0.5, 0.6) is 11.5 Å². The summed E-state index contributed by atoms with van der Waals surface area (Å²) in [6, 6.07) is 11.3. The Labute approximate surface area is 143 Å². The molecular weight excluding hydrogens is 332 g/mol. The molecule has 0 radical (unpaired) electrons. The molecule has 5 heteroatoms. The molecular formula is C18H15ClO3S. The zero-order valence-corrected chi connectivity index (χ0v) is 14.5. The third-order valence-electron chi connectivity index (χ3n) is 3.62. The van der Waals surface area contributed by atoms with E-state index in [1.807, 2.05) is 50.2 Å². The van der Waals surface area contributed by atoms with Crippen molar-refractivity contribution in [3.05, 3.63) is 57.4 Å². The number of para-hydroxylation sites is 1. The van der Waals surface area contributed by atoms with Crippen LogP contribution in [0.3, 0.4) is 0 Å². The summed E-state index contributed by atoms with van der Waals surface area (Å²) in [7, 11) is 1.59. The third-order valence-corrected chi connectivity index (χ3v) is 5.28. The van der Waals surface area contributed by atoms with Gasteiger partial charge in [0.15, 0.2) is 0 Å². The van der Waals surface area contributed by atoms with Crippen molar-refractivity contribution < 1.29 is 14.3 Å². The van der Waals surface area contributed by atoms with Gasteiger partial charge < -0.3 is 9.47 Å². The average molecular weight is 347 g/mol. The Morgan fingerprint density at radius 3 is 2.48 bits per heavy atom. The predicted molar refractivity (Wildman–Crippen MR) is 94.3 cm³/mol. The number of thiophene rings is 1. The van der Waals surface area contributed by atoms with E-state index in [0.717, 1.165) is 21.2 Å². The van der Waals surface area contributed by atoms with Gasteiger partial charge in [0.2, 0.25) is 0 Å². The van der Waals surface area contributed by atoms with Gasteiger partial charge >= 0.3 is 5.97 Å². The molecule has 1 aromatic heterocycles. The molecule has 0 saturated heterocycles. The van der Waals surface area contributed by atoms with Crippen LogP contribution in [0.4, 0.5) is 0 Å². The van der Waals surface area contributed by atoms with Crippen molar-refractivity contribution in [2.24, 2.45) is 0 Å². The Morgan fingerprint density at radius 2 is 1.83 bits per heavy atom. The Kier molecular flexibility index (Phi) is 4.28. The van der Waals surface area contributed by atoms with Gasteiger partial charge in [0.25, 0.3) is 0 Å². The molecule has 0 saturated carbocycles. The molecule has 0 amide bonds. The van der Waals surface area contributed by atoms with Crippen molar-refractivity contribution in [3.8, 4) is 11.5 Å². The second kappa shape index (κ2) is 6.22. The summed E-state index contributed by atoms with van der Waals surface area (Å²) >= 11 is 7.70. The number of hydrogen-bond acceptors (Lipinski definition) is 4. The topological polar surface area (TPSA) is 35.5 Å². The number of hydrogen-bond donors (Lipinski definition) is 0. The van der Waals surface area contributed by atoms with Gasteiger partial charge in [-0.25, -0.2) is 4.79 Å². The van der Waals surface area contributed by atoms with E-state index < -0.39 is 5.97 Å². The van der Waals surface area contributed by atoms with Crippen LogP contribution in [0, 0.1) is 13.8 Å². The molecule has 0 aliphatic carbocycles. The SMILES string of the molecule is COc1ccc2sc(C(=O)Oc3c(C)cccc3C)c(Cl)c2c1. The van der Waals surface area contributed by atoms with Crippen LogP contribution < -0.4 is 9.47 Å². The quantitative estimate of drug-likeness (QED) is 0.470. The first-order valence-corrected chi connectivity index (χ1v) is 8.25. The van der Waals surface area contributed by atoms with E-state index in [-0.39, 0.29) is 0 Å². The van der Waals surface area contributed by atoms with E-state index in [1.54, 1.807) is 7.11 Å². The van der Waals surface area contributed by atoms with Crippen LogP contribution in [-0.2, 0) is 0 Å². The van der Waals surface area contributed by atoms with Crippen LogP contribution >= 0.6 is 22.9 Å². The molecule has 0 N–H and O–H groups in total. The van der Waals surface area contributed by atoms with Gasteiger partial charge in [0, 0.05) is 10.1 Å². The van der Waals surface area contributed by atoms with Crippen molar-refractivity contribution in [1.29, 1.82) is 0 Å². The molecule has 0 spiro atoms. The zero-order chi connectivity index (χ0) is 16.6. The fraction of sp³-hybridized carbons (Fsp3) is 0.167. The molecule has 0 aliphatic rings. The summed E-state index contributed by atoms with van der Waals surface area (Å²) in [6.07, 6.45) is 0. The lowest BCUT2D eigenvalue weighted by atomic mass is 10.1. The molecule has 0 atom stereocenters. The minimum atomic E-state index is -0.437. The lowest BCUT2D eigenvalue weighted by Crippen LogP contribution is -2.09. The molecule has 0 unspecified atom stereocenters. The Hall–Kier alpha value is -2.04. The maximum atomic E-state index is 12.5. The molecule has 0 bridgehead atoms. The minimum absolute atomic E-state index is 0.401. The third kappa shape index (κ3) is 2.92. The first-order valence-electron chi connectivity index (χ1n) is 7.05. The lowest BCUT2D eigenvalue weighted by molar-refractivity contribution is 0.0737. The second-order valence-corrected chi connectivity index (χ2v) is 6.65. The van der Waals surface area contributed by atoms with Gasteiger partial charge in [0.05, 0.1) is 12.1 Å². The highest BCUT2D eigenvalue weighted by Gasteiger charge is 2.20. The monoisotopic (exact) mass is 346 g/mol. The standard InChI is InChI=1S/C18H15ClO3S/c1-10-5-4-6-11(2)16(10)22-18(20)17-15(19)13-9-12(21-3)7-8-14(13)23-17/h4-9H,1-3H3. The van der Waals surface area contributed by atoms with Crippen LogP contribution in [0.2, 0.25) is 5.02 Å². The summed E-state index contributed by atoms with van der Waals surface area (Å²) in [4.78, 5) is 12.9. The number of methoxy groups -OCH3 is 1. The smallest absolute Gasteiger partial charge is 0.355 e. The summed E-state index contributed by atoms with van der Waals surface area (Å²) in [5.41, 5.74) is 1.83. The number of benzene rings is 2. The van der Waals surface area contributed by atoms with Crippen molar-refractivity contribution in [3.63, 3.8) is 0 Å². The summed E-state index contributed by atoms with van der Waals surface area (Å²) in [6.45, 7) is 3.82. The highest BCUT2D eigenvalue weighted by atomic mass is 35.5. The van der Waals surface area contributed by atoms with Crippen molar-refractivity contribution in [2.45, 2.75) is 13.8 Å². The molecule has 118 valence electrons. The number of esters is 1. The minimum Gasteiger partial charge on any atom is -0.497 e. The fourth-order valence-corrected chi connectivity index (χ4v) is 3.76. The van der Waals surface area contributed by atoms with Crippen LogP contribution in [0.15, 0.2) is 36.4 Å². The zero-order valence-electron chi connectivity index (χ0n) is 13.0. The summed E-state index contributed by atoms with van der Waals surface area (Å²) in [5, 5.41) is 1.20. The van der Waals surface area contributed by atoms with Crippen LogP contribution in [0.25, 0.3) is 10.1 Å². The van der Waals surface area contributed by atoms with Crippen molar-refractivity contribution in [1.82, 2.24) is 0 Å². The van der Waals surface area contributed by atoms with Gasteiger partial charge in [-0.1, -0.05) is 29.8 Å². The predicted octanol–water partition coefficient (Wildman–Crippen LogP) is 5.40. The molecule has 0 fully saturated rings. The van der Waals surface area contributed by atoms with Gasteiger partial charge in [-0.15, -0.1) is 11.3 Å². The van der Waals surface area contributed by atoms with Gasteiger partial charge in [0.1, 0.15) is 16.4 Å². The largest absolute Gasteiger partial charge is 0.497 e. The Balaban J connectivity index is 2.00. The van der Waals surface area contributed by atoms with Gasteiger partial charge in [-0.3, -0.25) is 0 Å². The number of carbonyl (C=O) groups excluding carboxylic acids is 1. The average Bonchev–Trinajstić information content (AvgIpc) is 2.87. The number of carbonyl (C=O) groups is 1. The van der Waals surface area contributed by atoms with Gasteiger partial charge in [-0.05, 0) is 43.2 Å². The first-order chi connectivity index (χ1) is 11.0. The number of halogens is 1. The molecule has 3 rings (SSSR count). The molecule has 1 heterocycles. The summed E-state index contributed by atoms with van der Waals surface area (Å²) < 4.78 is 11.7. The summed E-state index contributed by atoms with van der Waals surface area (Å²) in [5.74, 6) is 0.850. The molecule has 0 aliphatic heterocycles. The second-order valence-electron chi connectivity index (χ2n) is 5.22. The van der Waals surface area contributed by atoms with Gasteiger partial charge in [-0.2, -0.15) is 0 Å². The number of rotatable bonds is 3. The molecule has 23 heavy (non-hydrogen) atoms. The normalized spacial score (nSPS) is 10.8. The Bertz CT molecular complexity index is 878. The number of fused-ring (bicyclic) bond motifs is 1. The number of ether oxygens (including phenoxy) is 2. The van der Waals surface area contributed by atoms with E-state index in [4.69, 9.17) is 21.1 Å². The molecule has 2 aromatic carbocycles. The fourth-order valence-electron chi connectivity index (χ4n) is 2.40. The molecule has 3 nitrogen and oxygen atoms in total. The van der Waals surface area contributed by atoms with Crippen molar-refractivity contribution in [2.75, 3.05) is 7.11 Å². The lowest BCUT2D eigenvalue weighted by Gasteiger charge is -2.09. The van der Waals surface area contributed by atoms with E-state index in [2.05, 4.69) is 0 Å². The van der Waals surface area contributed by atoms with Crippen LogP contribution in [-0.4, -0.2) is 13.1 Å². The van der Waals surface area contributed by atoms with E-state index >= 15 is 0 Å².